The lowest BCUT2D eigenvalue weighted by Gasteiger charge is -2.64. The highest BCUT2D eigenvalue weighted by molar-refractivity contribution is 5.85. The summed E-state index contributed by atoms with van der Waals surface area (Å²) in [7, 11) is 6.93. The number of hydrogen-bond acceptors (Lipinski definition) is 4. The molecule has 4 bridgehead atoms. The Balaban J connectivity index is 1.52. The molecule has 0 fully saturated rings. The van der Waals surface area contributed by atoms with Crippen molar-refractivity contribution in [2.45, 2.75) is 22.7 Å². The van der Waals surface area contributed by atoms with E-state index in [9.17, 15) is 0 Å². The maximum atomic E-state index is 6.11. The molecule has 0 spiro atoms. The minimum absolute atomic E-state index is 0.0563. The van der Waals surface area contributed by atoms with Crippen LogP contribution in [0.1, 0.15) is 78.6 Å². The first-order valence-electron chi connectivity index (χ1n) is 16.6. The van der Waals surface area contributed by atoms with Gasteiger partial charge in [0.1, 0.15) is 0 Å². The summed E-state index contributed by atoms with van der Waals surface area (Å²) in [5.74, 6) is 3.06. The van der Waals surface area contributed by atoms with E-state index in [1.54, 1.807) is 28.4 Å². The monoisotopic (exact) mass is 626 g/mol. The number of benzene rings is 6. The highest BCUT2D eigenvalue weighted by Crippen LogP contribution is 2.74. The molecule has 48 heavy (non-hydrogen) atoms. The summed E-state index contributed by atoms with van der Waals surface area (Å²) in [5, 5.41) is 0. The van der Waals surface area contributed by atoms with E-state index < -0.39 is 10.8 Å². The van der Waals surface area contributed by atoms with Crippen LogP contribution < -0.4 is 18.9 Å². The second-order valence-electron chi connectivity index (χ2n) is 13.3. The van der Waals surface area contributed by atoms with Gasteiger partial charge in [0.2, 0.25) is 0 Å². The van der Waals surface area contributed by atoms with Crippen LogP contribution in [0, 0.1) is 0 Å². The fourth-order valence-corrected chi connectivity index (χ4v) is 10.4. The molecule has 0 radical (unpaired) electrons. The fraction of sp³-hybridized carbons (Fsp3) is 0.182. The Morgan fingerprint density at radius 2 is 0.604 bits per heavy atom. The number of ether oxygens (including phenoxy) is 4. The molecule has 6 aromatic rings. The summed E-state index contributed by atoms with van der Waals surface area (Å²) in [5.41, 5.74) is 14.2. The van der Waals surface area contributed by atoms with Crippen molar-refractivity contribution < 1.29 is 18.9 Å². The molecular weight excluding hydrogens is 592 g/mol. The molecule has 0 saturated carbocycles. The van der Waals surface area contributed by atoms with Gasteiger partial charge in [-0.3, -0.25) is 0 Å². The van der Waals surface area contributed by atoms with Crippen molar-refractivity contribution >= 4 is 0 Å². The molecule has 0 aliphatic heterocycles. The van der Waals surface area contributed by atoms with Crippen molar-refractivity contribution in [2.75, 3.05) is 28.4 Å². The second-order valence-corrected chi connectivity index (χ2v) is 13.3. The van der Waals surface area contributed by atoms with Gasteiger partial charge in [-0.1, -0.05) is 97.1 Å². The number of rotatable bonds is 5. The van der Waals surface area contributed by atoms with E-state index in [-0.39, 0.29) is 11.8 Å². The largest absolute Gasteiger partial charge is 0.493 e. The molecule has 6 aromatic carbocycles. The van der Waals surface area contributed by atoms with E-state index in [1.165, 1.54) is 66.8 Å². The summed E-state index contributed by atoms with van der Waals surface area (Å²) in [6.45, 7) is 0. The highest BCUT2D eigenvalue weighted by Gasteiger charge is 2.69. The third kappa shape index (κ3) is 2.91. The van der Waals surface area contributed by atoms with Gasteiger partial charge in [0.25, 0.3) is 0 Å². The van der Waals surface area contributed by atoms with Crippen molar-refractivity contribution in [3.05, 3.63) is 188 Å². The normalized spacial score (nSPS) is 22.8. The Morgan fingerprint density at radius 3 is 0.896 bits per heavy atom. The Labute approximate surface area is 280 Å². The van der Waals surface area contributed by atoms with E-state index in [4.69, 9.17) is 18.9 Å². The minimum Gasteiger partial charge on any atom is -0.493 e. The van der Waals surface area contributed by atoms with E-state index in [0.29, 0.717) is 0 Å². The van der Waals surface area contributed by atoms with Crippen LogP contribution in [0.15, 0.2) is 121 Å². The van der Waals surface area contributed by atoms with Gasteiger partial charge in [0.15, 0.2) is 23.0 Å². The summed E-state index contributed by atoms with van der Waals surface area (Å²) < 4.78 is 24.2. The highest BCUT2D eigenvalue weighted by atomic mass is 16.5. The molecule has 0 heterocycles. The zero-order valence-electron chi connectivity index (χ0n) is 27.3. The first kappa shape index (κ1) is 27.6. The molecule has 0 saturated heterocycles. The van der Waals surface area contributed by atoms with Crippen molar-refractivity contribution in [3.8, 4) is 23.0 Å². The van der Waals surface area contributed by atoms with Gasteiger partial charge in [-0.15, -0.1) is 0 Å². The average Bonchev–Trinajstić information content (AvgIpc) is 3.16. The number of methoxy groups -OCH3 is 4. The maximum absolute atomic E-state index is 6.11. The van der Waals surface area contributed by atoms with Gasteiger partial charge >= 0.3 is 0 Å². The lowest BCUT2D eigenvalue weighted by atomic mass is 9.36. The van der Waals surface area contributed by atoms with Crippen molar-refractivity contribution in [2.24, 2.45) is 0 Å². The molecule has 6 aliphatic rings. The predicted molar refractivity (Wildman–Crippen MR) is 187 cm³/mol. The Bertz CT molecular complexity index is 2070. The molecular formula is C44H34O4. The van der Waals surface area contributed by atoms with E-state index >= 15 is 0 Å². The smallest absolute Gasteiger partial charge is 0.161 e. The molecule has 12 rings (SSSR count). The molecule has 0 atom stereocenters. The van der Waals surface area contributed by atoms with Crippen LogP contribution >= 0.6 is 0 Å². The Hall–Kier alpha value is -5.48. The first-order chi connectivity index (χ1) is 23.6. The van der Waals surface area contributed by atoms with Crippen molar-refractivity contribution in [1.29, 1.82) is 0 Å². The Kier molecular flexibility index (Phi) is 5.49. The first-order valence-corrected chi connectivity index (χ1v) is 16.6. The average molecular weight is 627 g/mol. The lowest BCUT2D eigenvalue weighted by Crippen LogP contribution is -2.61. The van der Waals surface area contributed by atoms with Crippen molar-refractivity contribution in [3.63, 3.8) is 0 Å². The predicted octanol–water partition coefficient (Wildman–Crippen LogP) is 8.70. The van der Waals surface area contributed by atoms with Crippen LogP contribution in [0.3, 0.4) is 0 Å². The van der Waals surface area contributed by atoms with Gasteiger partial charge < -0.3 is 18.9 Å². The molecule has 0 N–H and O–H groups in total. The molecule has 4 nitrogen and oxygen atoms in total. The minimum atomic E-state index is -0.699. The van der Waals surface area contributed by atoms with E-state index in [0.717, 1.165) is 23.0 Å². The summed E-state index contributed by atoms with van der Waals surface area (Å²) in [6, 6.07) is 45.5. The van der Waals surface area contributed by atoms with Crippen molar-refractivity contribution in [1.82, 2.24) is 0 Å². The van der Waals surface area contributed by atoms with Crippen LogP contribution in [-0.2, 0) is 10.8 Å². The summed E-state index contributed by atoms with van der Waals surface area (Å²) in [6.07, 6.45) is 0. The third-order valence-electron chi connectivity index (χ3n) is 11.8. The third-order valence-corrected chi connectivity index (χ3v) is 11.8. The lowest BCUT2D eigenvalue weighted by molar-refractivity contribution is 0.334. The van der Waals surface area contributed by atoms with Crippen LogP contribution in [0.4, 0.5) is 0 Å². The van der Waals surface area contributed by atoms with Crippen LogP contribution in [0.5, 0.6) is 23.0 Å². The van der Waals surface area contributed by atoms with Gasteiger partial charge in [0, 0.05) is 11.8 Å². The molecule has 0 unspecified atom stereocenters. The summed E-state index contributed by atoms with van der Waals surface area (Å²) >= 11 is 0. The zero-order valence-corrected chi connectivity index (χ0v) is 27.3. The molecule has 0 amide bonds. The SMILES string of the molecule is COc1cc2c(cc1OC)C1(C34c5ccccc5C(c5ccccc53)c3cc(OC)c(OC)cc34)c3ccccc3C2c2ccccc21. The van der Waals surface area contributed by atoms with Gasteiger partial charge in [-0.2, -0.15) is 0 Å². The fourth-order valence-electron chi connectivity index (χ4n) is 10.4. The summed E-state index contributed by atoms with van der Waals surface area (Å²) in [4.78, 5) is 0. The van der Waals surface area contributed by atoms with Crippen LogP contribution in [0.2, 0.25) is 0 Å². The second kappa shape index (κ2) is 9.54. The van der Waals surface area contributed by atoms with E-state index in [2.05, 4.69) is 121 Å². The molecule has 6 aliphatic carbocycles. The standard InChI is InChI=1S/C44H34O4/c1-45-37-21-29-35(23-39(37)47-3)43(31-17-9-5-13-25(31)41(29)26-14-6-10-18-32(26)43)44-33-19-11-7-15-27(33)42(28-16-8-12-20-34(28)44)30-22-38(46-2)40(48-4)24-36(30)44/h5-24,41-42H,1-4H3. The van der Waals surface area contributed by atoms with Gasteiger partial charge in [-0.05, 0) is 91.0 Å². The molecule has 234 valence electrons. The van der Waals surface area contributed by atoms with Gasteiger partial charge in [-0.25, -0.2) is 0 Å². The van der Waals surface area contributed by atoms with Crippen LogP contribution in [0.25, 0.3) is 0 Å². The zero-order chi connectivity index (χ0) is 32.4. The molecule has 4 heteroatoms. The van der Waals surface area contributed by atoms with E-state index in [1.807, 2.05) is 0 Å². The quantitative estimate of drug-likeness (QED) is 0.192. The van der Waals surface area contributed by atoms with Crippen LogP contribution in [-0.4, -0.2) is 28.4 Å². The van der Waals surface area contributed by atoms with Gasteiger partial charge in [0.05, 0.1) is 39.3 Å². The topological polar surface area (TPSA) is 36.9 Å². The molecule has 0 aromatic heterocycles. The number of hydrogen-bond donors (Lipinski definition) is 0. The maximum Gasteiger partial charge on any atom is 0.161 e. The Morgan fingerprint density at radius 1 is 0.333 bits per heavy atom.